The van der Waals surface area contributed by atoms with Crippen LogP contribution in [0.1, 0.15) is 56.8 Å². The van der Waals surface area contributed by atoms with Crippen molar-refractivity contribution in [2.75, 3.05) is 39.2 Å². The Bertz CT molecular complexity index is 1960. The first-order valence-corrected chi connectivity index (χ1v) is 16.6. The molecule has 0 aliphatic carbocycles. The maximum Gasteiger partial charge on any atom is 0.416 e. The van der Waals surface area contributed by atoms with Crippen LogP contribution >= 0.6 is 0 Å². The van der Waals surface area contributed by atoms with Crippen LogP contribution < -0.4 is 5.32 Å². The topological polar surface area (TPSA) is 128 Å². The zero-order chi connectivity index (χ0) is 38.9. The molecule has 10 nitrogen and oxygen atoms in total. The number of nitrogens with one attached hydrogen (secondary N) is 1. The van der Waals surface area contributed by atoms with Crippen molar-refractivity contribution in [3.63, 3.8) is 0 Å². The molecule has 2 amide bonds. The van der Waals surface area contributed by atoms with Gasteiger partial charge in [-0.3, -0.25) is 24.0 Å². The van der Waals surface area contributed by atoms with Crippen molar-refractivity contribution in [3.05, 3.63) is 124 Å². The molecule has 0 saturated heterocycles. The van der Waals surface area contributed by atoms with Gasteiger partial charge in [-0.25, -0.2) is 0 Å². The van der Waals surface area contributed by atoms with Crippen molar-refractivity contribution in [3.8, 4) is 11.1 Å². The van der Waals surface area contributed by atoms with E-state index in [-0.39, 0.29) is 42.0 Å². The number of alkyl halides is 3. The number of carbonyl (C=O) groups is 5. The third-order valence-electron chi connectivity index (χ3n) is 8.30. The maximum atomic E-state index is 13.7. The molecule has 0 aliphatic heterocycles. The van der Waals surface area contributed by atoms with Gasteiger partial charge in [-0.2, -0.15) is 13.2 Å². The minimum Gasteiger partial charge on any atom is -0.465 e. The van der Waals surface area contributed by atoms with E-state index in [1.807, 2.05) is 0 Å². The quantitative estimate of drug-likeness (QED) is 0.0905. The third-order valence-corrected chi connectivity index (χ3v) is 8.30. The number of esters is 3. The minimum absolute atomic E-state index is 0.0362. The van der Waals surface area contributed by atoms with Crippen molar-refractivity contribution < 1.29 is 51.4 Å². The van der Waals surface area contributed by atoms with E-state index >= 15 is 0 Å². The summed E-state index contributed by atoms with van der Waals surface area (Å²) in [5.74, 6) is -3.87. The number of benzene rings is 4. The average Bonchev–Trinajstić information content (AvgIpc) is 3.12. The van der Waals surface area contributed by atoms with Crippen LogP contribution in [0.5, 0.6) is 0 Å². The molecule has 4 aromatic carbocycles. The van der Waals surface area contributed by atoms with E-state index in [4.69, 9.17) is 14.2 Å². The lowest BCUT2D eigenvalue weighted by Crippen LogP contribution is -2.50. The molecule has 0 heterocycles. The summed E-state index contributed by atoms with van der Waals surface area (Å²) in [7, 11) is 3.01. The normalized spacial score (nSPS) is 11.3. The molecular formula is C40H39F3N2O8. The van der Waals surface area contributed by atoms with Gasteiger partial charge in [-0.1, -0.05) is 60.7 Å². The molecule has 0 saturated carbocycles. The van der Waals surface area contributed by atoms with Crippen LogP contribution in [0.3, 0.4) is 0 Å². The van der Waals surface area contributed by atoms with Crippen molar-refractivity contribution in [1.82, 2.24) is 4.90 Å². The highest BCUT2D eigenvalue weighted by molar-refractivity contribution is 6.12. The smallest absolute Gasteiger partial charge is 0.416 e. The molecule has 0 fully saturated rings. The largest absolute Gasteiger partial charge is 0.465 e. The average molecular weight is 733 g/mol. The zero-order valence-corrected chi connectivity index (χ0v) is 29.8. The number of hydrogen-bond donors (Lipinski definition) is 1. The van der Waals surface area contributed by atoms with Crippen molar-refractivity contribution in [2.45, 2.75) is 38.8 Å². The van der Waals surface area contributed by atoms with Gasteiger partial charge in [0.05, 0.1) is 36.4 Å². The maximum absolute atomic E-state index is 13.7. The summed E-state index contributed by atoms with van der Waals surface area (Å²) in [6, 6.07) is 21.7. The van der Waals surface area contributed by atoms with Crippen molar-refractivity contribution in [2.24, 2.45) is 0 Å². The Kier molecular flexibility index (Phi) is 12.8. The molecule has 1 N–H and O–H groups in total. The number of nitrogens with zero attached hydrogens (tertiary/aromatic N) is 1. The van der Waals surface area contributed by atoms with Crippen LogP contribution in [-0.2, 0) is 46.6 Å². The number of anilines is 1. The number of rotatable bonds is 13. The SMILES string of the molecule is CCOC(=O)C(COC(=O)Cc1ccc(NC(=O)c2cccc(C)c2-c2ccc(C(F)(F)F)cc2)c(C(=O)N(C)C)c1)(C(=O)OCC)c1ccccc1. The van der Waals surface area contributed by atoms with Crippen molar-refractivity contribution in [1.29, 1.82) is 0 Å². The number of hydrogen-bond acceptors (Lipinski definition) is 8. The highest BCUT2D eigenvalue weighted by atomic mass is 19.4. The summed E-state index contributed by atoms with van der Waals surface area (Å²) in [4.78, 5) is 68.2. The third kappa shape index (κ3) is 9.09. The highest BCUT2D eigenvalue weighted by Crippen LogP contribution is 2.34. The van der Waals surface area contributed by atoms with E-state index in [1.54, 1.807) is 51.1 Å². The molecule has 0 aliphatic rings. The number of halogens is 3. The molecule has 4 rings (SSSR count). The van der Waals surface area contributed by atoms with Gasteiger partial charge in [-0.05, 0) is 78.9 Å². The van der Waals surface area contributed by atoms with E-state index in [2.05, 4.69) is 5.32 Å². The number of carbonyl (C=O) groups excluding carboxylic acids is 5. The van der Waals surface area contributed by atoms with E-state index in [1.165, 1.54) is 67.5 Å². The second-order valence-corrected chi connectivity index (χ2v) is 12.2. The molecule has 4 aromatic rings. The first kappa shape index (κ1) is 39.8. The number of amides is 2. The van der Waals surface area contributed by atoms with Crippen LogP contribution in [-0.4, -0.2) is 68.5 Å². The number of ether oxygens (including phenoxy) is 3. The summed E-state index contributed by atoms with van der Waals surface area (Å²) in [5.41, 5.74) is -0.660. The Labute approximate surface area is 304 Å². The summed E-state index contributed by atoms with van der Waals surface area (Å²) in [6.07, 6.45) is -4.91. The second-order valence-electron chi connectivity index (χ2n) is 12.2. The molecule has 53 heavy (non-hydrogen) atoms. The molecule has 0 aromatic heterocycles. The molecule has 278 valence electrons. The molecule has 13 heteroatoms. The Morgan fingerprint density at radius 3 is 1.91 bits per heavy atom. The summed E-state index contributed by atoms with van der Waals surface area (Å²) in [6.45, 7) is 4.05. The van der Waals surface area contributed by atoms with Gasteiger partial charge >= 0.3 is 24.1 Å². The first-order chi connectivity index (χ1) is 25.1. The van der Waals surface area contributed by atoms with Crippen LogP contribution in [0.2, 0.25) is 0 Å². The summed E-state index contributed by atoms with van der Waals surface area (Å²) < 4.78 is 55.6. The Morgan fingerprint density at radius 1 is 0.717 bits per heavy atom. The lowest BCUT2D eigenvalue weighted by molar-refractivity contribution is -0.170. The van der Waals surface area contributed by atoms with E-state index in [0.29, 0.717) is 22.3 Å². The second kappa shape index (κ2) is 17.0. The Balaban J connectivity index is 1.62. The van der Waals surface area contributed by atoms with Gasteiger partial charge in [0.1, 0.15) is 6.61 Å². The monoisotopic (exact) mass is 732 g/mol. The van der Waals surface area contributed by atoms with Gasteiger partial charge in [0.15, 0.2) is 0 Å². The molecule has 0 bridgehead atoms. The van der Waals surface area contributed by atoms with Crippen LogP contribution in [0.4, 0.5) is 18.9 Å². The van der Waals surface area contributed by atoms with Crippen molar-refractivity contribution >= 4 is 35.4 Å². The standard InChI is InChI=1S/C40H39F3N2O8/c1-6-51-37(49)39(38(50)52-7-2,28-13-9-8-10-14-28)24-53-33(46)23-26-16-21-32(31(22-26)36(48)45(4)5)44-35(47)30-15-11-12-25(3)34(30)27-17-19-29(20-18-27)40(41,42)43/h8-22H,6-7,23-24H2,1-5H3,(H,44,47). The molecule has 0 unspecified atom stereocenters. The van der Waals surface area contributed by atoms with Gasteiger partial charge in [0, 0.05) is 19.7 Å². The Morgan fingerprint density at radius 2 is 1.34 bits per heavy atom. The highest BCUT2D eigenvalue weighted by Gasteiger charge is 2.52. The fourth-order valence-electron chi connectivity index (χ4n) is 5.64. The van der Waals surface area contributed by atoms with E-state index in [0.717, 1.165) is 12.1 Å². The van der Waals surface area contributed by atoms with Gasteiger partial charge in [-0.15, -0.1) is 0 Å². The molecular weight excluding hydrogens is 693 g/mol. The van der Waals surface area contributed by atoms with Crippen LogP contribution in [0.15, 0.2) is 91.0 Å². The minimum atomic E-state index is -4.53. The van der Waals surface area contributed by atoms with Crippen LogP contribution in [0, 0.1) is 6.92 Å². The van der Waals surface area contributed by atoms with Crippen LogP contribution in [0.25, 0.3) is 11.1 Å². The summed E-state index contributed by atoms with van der Waals surface area (Å²) in [5, 5.41) is 2.74. The first-order valence-electron chi connectivity index (χ1n) is 16.6. The summed E-state index contributed by atoms with van der Waals surface area (Å²) >= 11 is 0. The lowest BCUT2D eigenvalue weighted by atomic mass is 9.81. The van der Waals surface area contributed by atoms with E-state index in [9.17, 15) is 37.1 Å². The van der Waals surface area contributed by atoms with Gasteiger partial charge < -0.3 is 24.4 Å². The van der Waals surface area contributed by atoms with Gasteiger partial charge in [0.2, 0.25) is 5.41 Å². The predicted octanol–water partition coefficient (Wildman–Crippen LogP) is 6.78. The molecule has 0 atom stereocenters. The fourth-order valence-corrected chi connectivity index (χ4v) is 5.64. The number of aryl methyl sites for hydroxylation is 1. The lowest BCUT2D eigenvalue weighted by Gasteiger charge is -2.29. The zero-order valence-electron chi connectivity index (χ0n) is 29.8. The predicted molar refractivity (Wildman–Crippen MR) is 190 cm³/mol. The fraction of sp³-hybridized carbons (Fsp3) is 0.275. The molecule has 0 spiro atoms. The van der Waals surface area contributed by atoms with Gasteiger partial charge in [0.25, 0.3) is 11.8 Å². The Hall–Kier alpha value is -5.98. The van der Waals surface area contributed by atoms with E-state index < -0.39 is 53.5 Å². The molecule has 0 radical (unpaired) electrons.